The lowest BCUT2D eigenvalue weighted by Crippen LogP contribution is -2.50. The van der Waals surface area contributed by atoms with E-state index in [1.165, 1.54) is 12.1 Å². The number of carbonyl (C=O) groups excluding carboxylic acids is 1. The van der Waals surface area contributed by atoms with E-state index < -0.39 is 5.82 Å². The van der Waals surface area contributed by atoms with Gasteiger partial charge in [0.25, 0.3) is 5.91 Å². The maximum Gasteiger partial charge on any atom is 0.255 e. The number of halogens is 2. The predicted octanol–water partition coefficient (Wildman–Crippen LogP) is 1.09. The molecule has 1 fully saturated rings. The maximum atomic E-state index is 13.5. The summed E-state index contributed by atoms with van der Waals surface area (Å²) in [6, 6.07) is 4.41. The summed E-state index contributed by atoms with van der Waals surface area (Å²) in [6.07, 6.45) is 0. The van der Waals surface area contributed by atoms with Gasteiger partial charge in [-0.2, -0.15) is 0 Å². The zero-order valence-electron chi connectivity index (χ0n) is 11.3. The quantitative estimate of drug-likeness (QED) is 0.366. The van der Waals surface area contributed by atoms with Crippen molar-refractivity contribution < 1.29 is 14.4 Å². The maximum absolute atomic E-state index is 13.5. The van der Waals surface area contributed by atoms with Gasteiger partial charge in [-0.05, 0) is 28.1 Å². The van der Waals surface area contributed by atoms with Crippen LogP contribution in [0.5, 0.6) is 0 Å². The second kappa shape index (κ2) is 6.86. The average molecular weight is 359 g/mol. The number of nitrogens with two attached hydrogens (primary N) is 1. The number of piperazine rings is 1. The Labute approximate surface area is 130 Å². The summed E-state index contributed by atoms with van der Waals surface area (Å²) in [5, 5.41) is 11.5. The molecule has 1 aliphatic rings. The molecule has 1 amide bonds. The van der Waals surface area contributed by atoms with Crippen LogP contribution in [0.15, 0.2) is 27.8 Å². The molecule has 3 N–H and O–H groups in total. The van der Waals surface area contributed by atoms with Crippen molar-refractivity contribution in [3.05, 3.63) is 34.1 Å². The highest BCUT2D eigenvalue weighted by molar-refractivity contribution is 9.10. The summed E-state index contributed by atoms with van der Waals surface area (Å²) in [4.78, 5) is 16.0. The summed E-state index contributed by atoms with van der Waals surface area (Å²) in [6.45, 7) is 2.63. The number of benzene rings is 1. The minimum atomic E-state index is -0.452. The molecule has 0 radical (unpaired) electrons. The molecule has 2 rings (SSSR count). The molecule has 0 saturated carbocycles. The molecule has 0 unspecified atom stereocenters. The zero-order valence-corrected chi connectivity index (χ0v) is 12.9. The normalized spacial score (nSPS) is 17.0. The SMILES string of the molecule is N/C(CN1CCN(C(=O)c2cccc(F)c2Br)CC1)=N/O. The molecule has 21 heavy (non-hydrogen) atoms. The van der Waals surface area contributed by atoms with E-state index in [1.54, 1.807) is 11.0 Å². The topological polar surface area (TPSA) is 82.2 Å². The summed E-state index contributed by atoms with van der Waals surface area (Å²) in [7, 11) is 0. The van der Waals surface area contributed by atoms with E-state index in [2.05, 4.69) is 21.1 Å². The molecule has 1 aromatic carbocycles. The van der Waals surface area contributed by atoms with Crippen molar-refractivity contribution in [3.63, 3.8) is 0 Å². The van der Waals surface area contributed by atoms with Gasteiger partial charge in [0, 0.05) is 26.2 Å². The molecular formula is C13H16BrFN4O2. The molecule has 1 aliphatic heterocycles. The van der Waals surface area contributed by atoms with Crippen molar-refractivity contribution >= 4 is 27.7 Å². The molecule has 0 spiro atoms. The van der Waals surface area contributed by atoms with Crippen LogP contribution in [0.1, 0.15) is 10.4 Å². The van der Waals surface area contributed by atoms with Gasteiger partial charge < -0.3 is 15.8 Å². The van der Waals surface area contributed by atoms with Crippen LogP contribution in [0.4, 0.5) is 4.39 Å². The van der Waals surface area contributed by atoms with Gasteiger partial charge in [-0.1, -0.05) is 11.2 Å². The summed E-state index contributed by atoms with van der Waals surface area (Å²) in [5.74, 6) is -0.515. The molecule has 0 aliphatic carbocycles. The van der Waals surface area contributed by atoms with E-state index in [0.717, 1.165) is 0 Å². The lowest BCUT2D eigenvalue weighted by molar-refractivity contribution is 0.0651. The fraction of sp³-hybridized carbons (Fsp3) is 0.385. The summed E-state index contributed by atoms with van der Waals surface area (Å²) < 4.78 is 13.7. The predicted molar refractivity (Wildman–Crippen MR) is 79.9 cm³/mol. The Morgan fingerprint density at radius 2 is 2.05 bits per heavy atom. The average Bonchev–Trinajstić information content (AvgIpc) is 2.50. The third kappa shape index (κ3) is 3.70. The van der Waals surface area contributed by atoms with Gasteiger partial charge in [0.05, 0.1) is 16.6 Å². The Balaban J connectivity index is 1.99. The molecule has 1 heterocycles. The Hall–Kier alpha value is -1.67. The fourth-order valence-corrected chi connectivity index (χ4v) is 2.64. The summed E-state index contributed by atoms with van der Waals surface area (Å²) in [5.41, 5.74) is 5.78. The minimum Gasteiger partial charge on any atom is -0.409 e. The molecule has 114 valence electrons. The number of carbonyl (C=O) groups is 1. The molecule has 1 aromatic rings. The Bertz CT molecular complexity index is 559. The number of amides is 1. The minimum absolute atomic E-state index is 0.141. The Kier molecular flexibility index (Phi) is 5.13. The first kappa shape index (κ1) is 15.7. The number of oxime groups is 1. The molecule has 8 heteroatoms. The third-order valence-electron chi connectivity index (χ3n) is 3.36. The van der Waals surface area contributed by atoms with E-state index >= 15 is 0 Å². The Morgan fingerprint density at radius 3 is 2.67 bits per heavy atom. The number of rotatable bonds is 3. The smallest absolute Gasteiger partial charge is 0.255 e. The highest BCUT2D eigenvalue weighted by Crippen LogP contribution is 2.22. The number of hydrogen-bond donors (Lipinski definition) is 2. The second-order valence-corrected chi connectivity index (χ2v) is 5.55. The molecule has 0 bridgehead atoms. The van der Waals surface area contributed by atoms with Crippen LogP contribution in [0, 0.1) is 5.82 Å². The van der Waals surface area contributed by atoms with Gasteiger partial charge in [0.15, 0.2) is 5.84 Å². The highest BCUT2D eigenvalue weighted by atomic mass is 79.9. The molecule has 1 saturated heterocycles. The van der Waals surface area contributed by atoms with Gasteiger partial charge in [-0.3, -0.25) is 9.69 Å². The van der Waals surface area contributed by atoms with E-state index in [1.807, 2.05) is 4.90 Å². The summed E-state index contributed by atoms with van der Waals surface area (Å²) >= 11 is 3.11. The van der Waals surface area contributed by atoms with Crippen LogP contribution >= 0.6 is 15.9 Å². The first-order chi connectivity index (χ1) is 10.0. The Morgan fingerprint density at radius 1 is 1.38 bits per heavy atom. The van der Waals surface area contributed by atoms with Crippen LogP contribution in [0.25, 0.3) is 0 Å². The van der Waals surface area contributed by atoms with E-state index in [4.69, 9.17) is 10.9 Å². The molecular weight excluding hydrogens is 343 g/mol. The first-order valence-corrected chi connectivity index (χ1v) is 7.24. The molecule has 0 atom stereocenters. The van der Waals surface area contributed by atoms with Gasteiger partial charge in [-0.25, -0.2) is 4.39 Å². The van der Waals surface area contributed by atoms with Crippen LogP contribution in [0.2, 0.25) is 0 Å². The van der Waals surface area contributed by atoms with Gasteiger partial charge in [0.1, 0.15) is 5.82 Å². The molecule has 6 nitrogen and oxygen atoms in total. The highest BCUT2D eigenvalue weighted by Gasteiger charge is 2.24. The molecule has 0 aromatic heterocycles. The third-order valence-corrected chi connectivity index (χ3v) is 4.16. The van der Waals surface area contributed by atoms with E-state index in [0.29, 0.717) is 38.3 Å². The monoisotopic (exact) mass is 358 g/mol. The number of nitrogens with zero attached hydrogens (tertiary/aromatic N) is 3. The number of amidine groups is 1. The van der Waals surface area contributed by atoms with Crippen LogP contribution in [0.3, 0.4) is 0 Å². The van der Waals surface area contributed by atoms with Gasteiger partial charge in [-0.15, -0.1) is 0 Å². The van der Waals surface area contributed by atoms with E-state index in [-0.39, 0.29) is 16.2 Å². The van der Waals surface area contributed by atoms with Crippen LogP contribution in [-0.2, 0) is 0 Å². The van der Waals surface area contributed by atoms with Crippen LogP contribution in [-0.4, -0.2) is 59.5 Å². The first-order valence-electron chi connectivity index (χ1n) is 6.45. The van der Waals surface area contributed by atoms with Crippen molar-refractivity contribution in [1.82, 2.24) is 9.80 Å². The largest absolute Gasteiger partial charge is 0.409 e. The van der Waals surface area contributed by atoms with Crippen molar-refractivity contribution in [1.29, 1.82) is 0 Å². The zero-order chi connectivity index (χ0) is 15.4. The number of hydrogen-bond acceptors (Lipinski definition) is 4. The lowest BCUT2D eigenvalue weighted by atomic mass is 10.1. The van der Waals surface area contributed by atoms with Crippen molar-refractivity contribution in [2.24, 2.45) is 10.9 Å². The van der Waals surface area contributed by atoms with Crippen molar-refractivity contribution in [3.8, 4) is 0 Å². The van der Waals surface area contributed by atoms with E-state index in [9.17, 15) is 9.18 Å². The fourth-order valence-electron chi connectivity index (χ4n) is 2.21. The van der Waals surface area contributed by atoms with Crippen molar-refractivity contribution in [2.45, 2.75) is 0 Å². The standard InChI is InChI=1S/C13H16BrFN4O2/c14-12-9(2-1-3-10(12)15)13(20)19-6-4-18(5-7-19)8-11(16)17-21/h1-3,21H,4-8H2,(H2,16,17). The van der Waals surface area contributed by atoms with Gasteiger partial charge in [0.2, 0.25) is 0 Å². The van der Waals surface area contributed by atoms with Gasteiger partial charge >= 0.3 is 0 Å². The van der Waals surface area contributed by atoms with Crippen molar-refractivity contribution in [2.75, 3.05) is 32.7 Å². The lowest BCUT2D eigenvalue weighted by Gasteiger charge is -2.34. The second-order valence-electron chi connectivity index (χ2n) is 4.76. The van der Waals surface area contributed by atoms with Crippen LogP contribution < -0.4 is 5.73 Å².